The number of methoxy groups -OCH3 is 1. The van der Waals surface area contributed by atoms with E-state index in [4.69, 9.17) is 9.72 Å². The van der Waals surface area contributed by atoms with Gasteiger partial charge in [-0.3, -0.25) is 19.0 Å². The van der Waals surface area contributed by atoms with Gasteiger partial charge in [0.15, 0.2) is 5.16 Å². The maximum Gasteiger partial charge on any atom is 0.262 e. The van der Waals surface area contributed by atoms with Gasteiger partial charge in [-0.2, -0.15) is 0 Å². The molecule has 9 heteroatoms. The summed E-state index contributed by atoms with van der Waals surface area (Å²) in [7, 11) is 1.54. The summed E-state index contributed by atoms with van der Waals surface area (Å²) < 4.78 is 6.88. The Hall–Kier alpha value is -4.11. The number of benzene rings is 3. The quantitative estimate of drug-likeness (QED) is 0.204. The number of hydrogen-bond donors (Lipinski definition) is 2. The number of fused-ring (bicyclic) bond motifs is 1. The van der Waals surface area contributed by atoms with Crippen molar-refractivity contribution in [1.29, 1.82) is 0 Å². The lowest BCUT2D eigenvalue weighted by molar-refractivity contribution is -0.113. The fourth-order valence-corrected chi connectivity index (χ4v) is 4.78. The maximum atomic E-state index is 13.4. The number of para-hydroxylation sites is 3. The minimum absolute atomic E-state index is 0.0539. The first-order valence-electron chi connectivity index (χ1n) is 12.8. The Bertz CT molecular complexity index is 1520. The number of hydrogen-bond acceptors (Lipinski definition) is 6. The molecular weight excluding hydrogens is 512 g/mol. The number of carbonyl (C=O) groups excluding carboxylic acids is 2. The summed E-state index contributed by atoms with van der Waals surface area (Å²) in [4.78, 5) is 43.3. The van der Waals surface area contributed by atoms with Crippen molar-refractivity contribution < 1.29 is 14.3 Å². The van der Waals surface area contributed by atoms with Crippen LogP contribution in [0.15, 0.2) is 82.7 Å². The van der Waals surface area contributed by atoms with E-state index < -0.39 is 0 Å². The summed E-state index contributed by atoms with van der Waals surface area (Å²) in [5, 5.41) is 6.72. The maximum absolute atomic E-state index is 13.4. The van der Waals surface area contributed by atoms with Gasteiger partial charge in [-0.15, -0.1) is 0 Å². The molecule has 0 unspecified atom stereocenters. The third kappa shape index (κ3) is 7.26. The SMILES string of the molecule is COc1ccccc1NC(=O)CSc1nc2ccccc2c(=O)n1Cc1ccc(C(=O)NCCC(C)C)cc1. The van der Waals surface area contributed by atoms with Crippen LogP contribution in [-0.2, 0) is 11.3 Å². The van der Waals surface area contributed by atoms with Crippen LogP contribution in [-0.4, -0.2) is 40.8 Å². The molecule has 1 aromatic heterocycles. The Balaban J connectivity index is 1.53. The first-order valence-corrected chi connectivity index (χ1v) is 13.8. The highest BCUT2D eigenvalue weighted by atomic mass is 32.2. The molecule has 0 aliphatic carbocycles. The number of ether oxygens (including phenoxy) is 1. The van der Waals surface area contributed by atoms with Crippen LogP contribution in [0.1, 0.15) is 36.2 Å². The summed E-state index contributed by atoms with van der Waals surface area (Å²) in [6.45, 7) is 5.11. The molecule has 0 aliphatic rings. The Morgan fingerprint density at radius 1 is 1.00 bits per heavy atom. The van der Waals surface area contributed by atoms with Crippen LogP contribution in [0.2, 0.25) is 0 Å². The van der Waals surface area contributed by atoms with Crippen LogP contribution in [0.4, 0.5) is 5.69 Å². The van der Waals surface area contributed by atoms with Crippen molar-refractivity contribution in [2.45, 2.75) is 32.0 Å². The standard InChI is InChI=1S/C30H32N4O4S/c1-20(2)16-17-31-28(36)22-14-12-21(13-15-22)18-34-29(37)23-8-4-5-9-24(23)33-30(34)39-19-27(35)32-25-10-6-7-11-26(25)38-3/h4-15,20H,16-19H2,1-3H3,(H,31,36)(H,32,35). The van der Waals surface area contributed by atoms with Crippen molar-refractivity contribution in [1.82, 2.24) is 14.9 Å². The van der Waals surface area contributed by atoms with E-state index in [0.717, 1.165) is 12.0 Å². The van der Waals surface area contributed by atoms with Crippen LogP contribution in [0.3, 0.4) is 0 Å². The van der Waals surface area contributed by atoms with E-state index in [1.165, 1.54) is 11.8 Å². The lowest BCUT2D eigenvalue weighted by atomic mass is 10.1. The molecule has 39 heavy (non-hydrogen) atoms. The third-order valence-corrected chi connectivity index (χ3v) is 7.08. The summed E-state index contributed by atoms with van der Waals surface area (Å²) in [6, 6.07) is 21.5. The van der Waals surface area contributed by atoms with Gasteiger partial charge in [0.1, 0.15) is 5.75 Å². The molecule has 3 aromatic carbocycles. The molecule has 0 spiro atoms. The fourth-order valence-electron chi connectivity index (χ4n) is 3.98. The van der Waals surface area contributed by atoms with Crippen LogP contribution in [0.25, 0.3) is 10.9 Å². The van der Waals surface area contributed by atoms with E-state index in [2.05, 4.69) is 24.5 Å². The smallest absolute Gasteiger partial charge is 0.262 e. The zero-order valence-electron chi connectivity index (χ0n) is 22.3. The lowest BCUT2D eigenvalue weighted by Gasteiger charge is -2.14. The number of nitrogens with zero attached hydrogens (tertiary/aromatic N) is 2. The average molecular weight is 545 g/mol. The number of rotatable bonds is 11. The highest BCUT2D eigenvalue weighted by molar-refractivity contribution is 7.99. The van der Waals surface area contributed by atoms with Crippen LogP contribution in [0, 0.1) is 5.92 Å². The minimum Gasteiger partial charge on any atom is -0.495 e. The van der Waals surface area contributed by atoms with Crippen molar-refractivity contribution in [2.75, 3.05) is 24.7 Å². The number of thioether (sulfide) groups is 1. The number of anilines is 1. The van der Waals surface area contributed by atoms with E-state index in [9.17, 15) is 14.4 Å². The molecule has 0 saturated heterocycles. The second kappa shape index (κ2) is 13.1. The van der Waals surface area contributed by atoms with Gasteiger partial charge in [0.05, 0.1) is 36.0 Å². The molecule has 1 heterocycles. The Morgan fingerprint density at radius 3 is 2.46 bits per heavy atom. The zero-order valence-corrected chi connectivity index (χ0v) is 23.1. The van der Waals surface area contributed by atoms with Gasteiger partial charge in [0.2, 0.25) is 5.91 Å². The molecule has 8 nitrogen and oxygen atoms in total. The van der Waals surface area contributed by atoms with Gasteiger partial charge in [0, 0.05) is 12.1 Å². The van der Waals surface area contributed by atoms with E-state index in [1.807, 2.05) is 30.3 Å². The fraction of sp³-hybridized carbons (Fsp3) is 0.267. The van der Waals surface area contributed by atoms with Crippen molar-refractivity contribution >= 4 is 40.2 Å². The molecule has 2 amide bonds. The summed E-state index contributed by atoms with van der Waals surface area (Å²) in [5.41, 5.74) is 2.36. The monoisotopic (exact) mass is 544 g/mol. The predicted molar refractivity (Wildman–Crippen MR) is 156 cm³/mol. The molecule has 0 atom stereocenters. The molecule has 0 aliphatic heterocycles. The van der Waals surface area contributed by atoms with Gasteiger partial charge in [-0.05, 0) is 54.3 Å². The number of nitrogens with one attached hydrogen (secondary N) is 2. The molecular formula is C30H32N4O4S. The topological polar surface area (TPSA) is 102 Å². The van der Waals surface area contributed by atoms with Crippen molar-refractivity contribution in [3.8, 4) is 5.75 Å². The van der Waals surface area contributed by atoms with Crippen LogP contribution >= 0.6 is 11.8 Å². The van der Waals surface area contributed by atoms with Gasteiger partial charge < -0.3 is 15.4 Å². The number of aromatic nitrogens is 2. The Morgan fingerprint density at radius 2 is 1.72 bits per heavy atom. The van der Waals surface area contributed by atoms with E-state index in [-0.39, 0.29) is 29.7 Å². The van der Waals surface area contributed by atoms with Crippen molar-refractivity contribution in [3.63, 3.8) is 0 Å². The molecule has 0 radical (unpaired) electrons. The second-order valence-corrected chi connectivity index (χ2v) is 10.4. The molecule has 0 saturated carbocycles. The van der Waals surface area contributed by atoms with Gasteiger partial charge in [0.25, 0.3) is 11.5 Å². The Kier molecular flexibility index (Phi) is 9.38. The molecule has 2 N–H and O–H groups in total. The summed E-state index contributed by atoms with van der Waals surface area (Å²) in [6.07, 6.45) is 0.916. The minimum atomic E-state index is -0.244. The highest BCUT2D eigenvalue weighted by Crippen LogP contribution is 2.24. The molecule has 4 aromatic rings. The van der Waals surface area contributed by atoms with Crippen LogP contribution < -0.4 is 20.9 Å². The second-order valence-electron chi connectivity index (χ2n) is 9.48. The molecule has 0 bridgehead atoms. The third-order valence-electron chi connectivity index (χ3n) is 6.10. The van der Waals surface area contributed by atoms with E-state index in [1.54, 1.807) is 54.1 Å². The zero-order chi connectivity index (χ0) is 27.8. The lowest BCUT2D eigenvalue weighted by Crippen LogP contribution is -2.26. The van der Waals surface area contributed by atoms with Crippen molar-refractivity contribution in [2.24, 2.45) is 5.92 Å². The summed E-state index contributed by atoms with van der Waals surface area (Å²) >= 11 is 1.19. The van der Waals surface area contributed by atoms with Crippen LogP contribution in [0.5, 0.6) is 5.75 Å². The summed E-state index contributed by atoms with van der Waals surface area (Å²) in [5.74, 6) is 0.767. The van der Waals surface area contributed by atoms with Gasteiger partial charge in [-0.25, -0.2) is 4.98 Å². The molecule has 0 fully saturated rings. The Labute approximate surface area is 231 Å². The molecule has 202 valence electrons. The van der Waals surface area contributed by atoms with Gasteiger partial charge >= 0.3 is 0 Å². The van der Waals surface area contributed by atoms with E-state index >= 15 is 0 Å². The van der Waals surface area contributed by atoms with Gasteiger partial charge in [-0.1, -0.05) is 62.0 Å². The molecule has 4 rings (SSSR count). The first-order chi connectivity index (χ1) is 18.9. The number of amides is 2. The number of carbonyl (C=O) groups is 2. The average Bonchev–Trinajstić information content (AvgIpc) is 2.94. The highest BCUT2D eigenvalue weighted by Gasteiger charge is 2.15. The van der Waals surface area contributed by atoms with Crippen molar-refractivity contribution in [3.05, 3.63) is 94.3 Å². The first kappa shape index (κ1) is 27.9. The largest absolute Gasteiger partial charge is 0.495 e. The predicted octanol–water partition coefficient (Wildman–Crippen LogP) is 4.96. The van der Waals surface area contributed by atoms with E-state index in [0.29, 0.717) is 45.5 Å². The normalized spacial score (nSPS) is 11.0.